The van der Waals surface area contributed by atoms with E-state index in [1.54, 1.807) is 0 Å². The molecule has 1 N–H and O–H groups in total. The van der Waals surface area contributed by atoms with Crippen LogP contribution in [0.1, 0.15) is 28.3 Å². The van der Waals surface area contributed by atoms with Crippen molar-refractivity contribution in [1.29, 1.82) is 0 Å². The van der Waals surface area contributed by atoms with Crippen LogP contribution in [0, 0.1) is 13.8 Å². The van der Waals surface area contributed by atoms with Crippen LogP contribution in [0.25, 0.3) is 0 Å². The van der Waals surface area contributed by atoms with E-state index in [0.717, 1.165) is 15.1 Å². The fourth-order valence-corrected chi connectivity index (χ4v) is 2.84. The summed E-state index contributed by atoms with van der Waals surface area (Å²) in [5.74, 6) is 0. The zero-order valence-corrected chi connectivity index (χ0v) is 13.6. The lowest BCUT2D eigenvalue weighted by molar-refractivity contribution is 0.688. The van der Waals surface area contributed by atoms with E-state index in [9.17, 15) is 0 Å². The Bertz CT molecular complexity index is 595. The quantitative estimate of drug-likeness (QED) is 0.828. The van der Waals surface area contributed by atoms with Crippen LogP contribution < -0.4 is 5.32 Å². The van der Waals surface area contributed by atoms with E-state index in [0.29, 0.717) is 0 Å². The molecule has 0 saturated heterocycles. The van der Waals surface area contributed by atoms with Crippen molar-refractivity contribution in [1.82, 2.24) is 5.32 Å². The molecule has 0 aliphatic carbocycles. The lowest BCUT2D eigenvalue weighted by Crippen LogP contribution is -2.18. The lowest BCUT2D eigenvalue weighted by Gasteiger charge is -2.20. The SMILES string of the molecule is CNC(c1ccc(C)c(C)c1)c1cc(Cl)ccc1Br. The summed E-state index contributed by atoms with van der Waals surface area (Å²) in [6, 6.07) is 12.6. The third kappa shape index (κ3) is 3.19. The molecule has 3 heteroatoms. The van der Waals surface area contributed by atoms with Gasteiger partial charge in [-0.1, -0.05) is 45.7 Å². The van der Waals surface area contributed by atoms with Crippen molar-refractivity contribution >= 4 is 27.5 Å². The minimum absolute atomic E-state index is 0.132. The molecule has 0 spiro atoms. The van der Waals surface area contributed by atoms with Gasteiger partial charge in [0.15, 0.2) is 0 Å². The van der Waals surface area contributed by atoms with E-state index < -0.39 is 0 Å². The maximum absolute atomic E-state index is 6.11. The Labute approximate surface area is 128 Å². The number of benzene rings is 2. The molecule has 1 atom stereocenters. The molecule has 100 valence electrons. The number of hydrogen-bond acceptors (Lipinski definition) is 1. The molecule has 0 aliphatic rings. The third-order valence-corrected chi connectivity index (χ3v) is 4.38. The molecular weight excluding hydrogens is 322 g/mol. The molecule has 0 amide bonds. The van der Waals surface area contributed by atoms with Crippen LogP contribution in [0.2, 0.25) is 5.02 Å². The van der Waals surface area contributed by atoms with Crippen LogP contribution >= 0.6 is 27.5 Å². The monoisotopic (exact) mass is 337 g/mol. The summed E-state index contributed by atoms with van der Waals surface area (Å²) >= 11 is 9.72. The smallest absolute Gasteiger partial charge is 0.0586 e. The predicted molar refractivity (Wildman–Crippen MR) is 86.0 cm³/mol. The largest absolute Gasteiger partial charge is 0.309 e. The highest BCUT2D eigenvalue weighted by Crippen LogP contribution is 2.31. The van der Waals surface area contributed by atoms with Crippen molar-refractivity contribution in [3.63, 3.8) is 0 Å². The standard InChI is InChI=1S/C16H17BrClN/c1-10-4-5-12(8-11(10)2)16(19-3)14-9-13(18)6-7-15(14)17/h4-9,16,19H,1-3H3. The molecule has 1 nitrogen and oxygen atoms in total. The highest BCUT2D eigenvalue weighted by atomic mass is 79.9. The summed E-state index contributed by atoms with van der Waals surface area (Å²) in [4.78, 5) is 0. The first-order valence-corrected chi connectivity index (χ1v) is 7.39. The maximum atomic E-state index is 6.11. The summed E-state index contributed by atoms with van der Waals surface area (Å²) in [5, 5.41) is 4.11. The summed E-state index contributed by atoms with van der Waals surface area (Å²) in [7, 11) is 1.97. The lowest BCUT2D eigenvalue weighted by atomic mass is 9.96. The van der Waals surface area contributed by atoms with Crippen LogP contribution in [-0.4, -0.2) is 7.05 Å². The molecule has 2 aromatic rings. The fraction of sp³-hybridized carbons (Fsp3) is 0.250. The molecular formula is C16H17BrClN. The van der Waals surface area contributed by atoms with Gasteiger partial charge in [0.1, 0.15) is 0 Å². The third-order valence-electron chi connectivity index (χ3n) is 3.42. The van der Waals surface area contributed by atoms with Gasteiger partial charge in [0.2, 0.25) is 0 Å². The van der Waals surface area contributed by atoms with E-state index in [2.05, 4.69) is 53.3 Å². The molecule has 0 saturated carbocycles. The maximum Gasteiger partial charge on any atom is 0.0586 e. The average molecular weight is 339 g/mol. The second-order valence-corrected chi connectivity index (χ2v) is 6.02. The molecule has 0 aliphatic heterocycles. The van der Waals surface area contributed by atoms with Gasteiger partial charge in [-0.15, -0.1) is 0 Å². The first kappa shape index (κ1) is 14.6. The van der Waals surface area contributed by atoms with E-state index >= 15 is 0 Å². The average Bonchev–Trinajstić information content (AvgIpc) is 2.38. The Balaban J connectivity index is 2.49. The van der Waals surface area contributed by atoms with E-state index in [1.807, 2.05) is 25.2 Å². The number of aryl methyl sites for hydroxylation is 2. The second kappa shape index (κ2) is 6.08. The molecule has 2 aromatic carbocycles. The summed E-state index contributed by atoms with van der Waals surface area (Å²) in [6.07, 6.45) is 0. The van der Waals surface area contributed by atoms with Gasteiger partial charge >= 0.3 is 0 Å². The van der Waals surface area contributed by atoms with Crippen LogP contribution in [0.3, 0.4) is 0 Å². The number of nitrogens with one attached hydrogen (secondary N) is 1. The zero-order valence-electron chi connectivity index (χ0n) is 11.3. The molecule has 0 fully saturated rings. The summed E-state index contributed by atoms with van der Waals surface area (Å²) in [5.41, 5.74) is 5.01. The summed E-state index contributed by atoms with van der Waals surface area (Å²) in [6.45, 7) is 4.27. The molecule has 1 unspecified atom stereocenters. The van der Waals surface area contributed by atoms with Gasteiger partial charge in [-0.05, 0) is 61.3 Å². The molecule has 0 aromatic heterocycles. The van der Waals surface area contributed by atoms with Crippen molar-refractivity contribution in [3.05, 3.63) is 68.1 Å². The van der Waals surface area contributed by atoms with Crippen molar-refractivity contribution < 1.29 is 0 Å². The Kier molecular flexibility index (Phi) is 4.67. The Morgan fingerprint density at radius 3 is 2.42 bits per heavy atom. The predicted octanol–water partition coefficient (Wildman–Crippen LogP) is 5.03. The molecule has 0 radical (unpaired) electrons. The first-order chi connectivity index (χ1) is 9.02. The van der Waals surface area contributed by atoms with Gasteiger partial charge < -0.3 is 5.32 Å². The van der Waals surface area contributed by atoms with Gasteiger partial charge in [-0.25, -0.2) is 0 Å². The number of rotatable bonds is 3. The summed E-state index contributed by atoms with van der Waals surface area (Å²) < 4.78 is 1.06. The van der Waals surface area contributed by atoms with Gasteiger partial charge in [-0.2, -0.15) is 0 Å². The zero-order chi connectivity index (χ0) is 14.0. The molecule has 0 heterocycles. The second-order valence-electron chi connectivity index (χ2n) is 4.73. The topological polar surface area (TPSA) is 12.0 Å². The van der Waals surface area contributed by atoms with Gasteiger partial charge in [0.25, 0.3) is 0 Å². The van der Waals surface area contributed by atoms with Gasteiger partial charge in [0.05, 0.1) is 6.04 Å². The fourth-order valence-electron chi connectivity index (χ4n) is 2.18. The van der Waals surface area contributed by atoms with Gasteiger partial charge in [-0.3, -0.25) is 0 Å². The van der Waals surface area contributed by atoms with Crippen molar-refractivity contribution in [2.24, 2.45) is 0 Å². The minimum atomic E-state index is 0.132. The highest BCUT2D eigenvalue weighted by molar-refractivity contribution is 9.10. The van der Waals surface area contributed by atoms with Crippen molar-refractivity contribution in [2.75, 3.05) is 7.05 Å². The normalized spacial score (nSPS) is 12.5. The highest BCUT2D eigenvalue weighted by Gasteiger charge is 2.15. The minimum Gasteiger partial charge on any atom is -0.309 e. The van der Waals surface area contributed by atoms with Crippen molar-refractivity contribution in [3.8, 4) is 0 Å². The Morgan fingerprint density at radius 1 is 1.05 bits per heavy atom. The van der Waals surface area contributed by atoms with Crippen molar-refractivity contribution in [2.45, 2.75) is 19.9 Å². The Hall–Kier alpha value is -0.830. The van der Waals surface area contributed by atoms with E-state index in [4.69, 9.17) is 11.6 Å². The molecule has 2 rings (SSSR count). The van der Waals surface area contributed by atoms with E-state index in [-0.39, 0.29) is 6.04 Å². The van der Waals surface area contributed by atoms with Crippen LogP contribution in [0.4, 0.5) is 0 Å². The van der Waals surface area contributed by atoms with Gasteiger partial charge in [0, 0.05) is 9.50 Å². The van der Waals surface area contributed by atoms with E-state index in [1.165, 1.54) is 16.7 Å². The molecule has 0 bridgehead atoms. The Morgan fingerprint density at radius 2 is 1.79 bits per heavy atom. The first-order valence-electron chi connectivity index (χ1n) is 6.22. The number of halogens is 2. The van der Waals surface area contributed by atoms with Crippen LogP contribution in [0.15, 0.2) is 40.9 Å². The van der Waals surface area contributed by atoms with Crippen LogP contribution in [0.5, 0.6) is 0 Å². The number of hydrogen-bond donors (Lipinski definition) is 1. The molecule has 19 heavy (non-hydrogen) atoms. The van der Waals surface area contributed by atoms with Crippen LogP contribution in [-0.2, 0) is 0 Å².